The Morgan fingerprint density at radius 1 is 1.37 bits per heavy atom. The van der Waals surface area contributed by atoms with Crippen LogP contribution in [0.1, 0.15) is 12.5 Å². The summed E-state index contributed by atoms with van der Waals surface area (Å²) in [7, 11) is 0. The molecule has 1 aromatic carbocycles. The van der Waals surface area contributed by atoms with Crippen LogP contribution in [-0.4, -0.2) is 30.1 Å². The first-order valence-corrected chi connectivity index (χ1v) is 6.69. The van der Waals surface area contributed by atoms with Gasteiger partial charge in [0.1, 0.15) is 0 Å². The lowest BCUT2D eigenvalue weighted by atomic mass is 10.2. The largest absolute Gasteiger partial charge is 0.396 e. The molecule has 0 heterocycles. The molecule has 1 aromatic rings. The van der Waals surface area contributed by atoms with E-state index in [-0.39, 0.29) is 19.1 Å². The van der Waals surface area contributed by atoms with Gasteiger partial charge in [-0.3, -0.25) is 9.59 Å². The minimum atomic E-state index is -0.716. The van der Waals surface area contributed by atoms with Gasteiger partial charge in [-0.25, -0.2) is 0 Å². The van der Waals surface area contributed by atoms with Crippen LogP contribution >= 0.6 is 15.9 Å². The molecule has 0 aromatic heterocycles. The van der Waals surface area contributed by atoms with Crippen LogP contribution < -0.4 is 10.6 Å². The van der Waals surface area contributed by atoms with Crippen molar-refractivity contribution in [1.82, 2.24) is 5.32 Å². The molecule has 1 atom stereocenters. The number of halogens is 1. The average molecular weight is 329 g/mol. The molecule has 6 heteroatoms. The highest BCUT2D eigenvalue weighted by atomic mass is 79.9. The minimum Gasteiger partial charge on any atom is -0.396 e. The van der Waals surface area contributed by atoms with Gasteiger partial charge in [-0.1, -0.05) is 22.9 Å². The number of amides is 2. The van der Waals surface area contributed by atoms with Gasteiger partial charge in [0.15, 0.2) is 0 Å². The van der Waals surface area contributed by atoms with E-state index in [2.05, 4.69) is 26.6 Å². The molecule has 0 aliphatic carbocycles. The molecule has 0 fully saturated rings. The van der Waals surface area contributed by atoms with Gasteiger partial charge < -0.3 is 15.7 Å². The molecule has 0 saturated heterocycles. The van der Waals surface area contributed by atoms with Crippen LogP contribution in [-0.2, 0) is 9.59 Å². The van der Waals surface area contributed by atoms with Crippen molar-refractivity contribution in [3.8, 4) is 0 Å². The predicted octanol–water partition coefficient (Wildman–Crippen LogP) is 1.44. The van der Waals surface area contributed by atoms with Crippen molar-refractivity contribution in [3.63, 3.8) is 0 Å². The van der Waals surface area contributed by atoms with Crippen molar-refractivity contribution in [3.05, 3.63) is 28.2 Å². The Bertz CT molecular complexity index is 477. The maximum absolute atomic E-state index is 11.6. The van der Waals surface area contributed by atoms with Crippen molar-refractivity contribution < 1.29 is 14.7 Å². The summed E-state index contributed by atoms with van der Waals surface area (Å²) in [6, 6.07) is 5.28. The highest BCUT2D eigenvalue weighted by Gasteiger charge is 2.14. The molecule has 5 nitrogen and oxygen atoms in total. The van der Waals surface area contributed by atoms with Gasteiger partial charge >= 0.3 is 11.8 Å². The SMILES string of the molecule is Cc1cc(NC(=O)C(=O)NCC(C)CO)ccc1Br. The molecule has 0 bridgehead atoms. The summed E-state index contributed by atoms with van der Waals surface area (Å²) < 4.78 is 0.937. The van der Waals surface area contributed by atoms with Gasteiger partial charge in [0.25, 0.3) is 0 Å². The van der Waals surface area contributed by atoms with Crippen LogP contribution in [0.15, 0.2) is 22.7 Å². The Morgan fingerprint density at radius 2 is 2.05 bits per heavy atom. The molecule has 2 amide bonds. The fourth-order valence-electron chi connectivity index (χ4n) is 1.32. The third kappa shape index (κ3) is 5.00. The summed E-state index contributed by atoms with van der Waals surface area (Å²) in [6.07, 6.45) is 0. The monoisotopic (exact) mass is 328 g/mol. The Morgan fingerprint density at radius 3 is 2.63 bits per heavy atom. The number of carbonyl (C=O) groups excluding carboxylic acids is 2. The van der Waals surface area contributed by atoms with Crippen LogP contribution in [0, 0.1) is 12.8 Å². The molecule has 0 spiro atoms. The third-order valence-corrected chi connectivity index (χ3v) is 3.43. The van der Waals surface area contributed by atoms with Crippen LogP contribution in [0.2, 0.25) is 0 Å². The number of rotatable bonds is 4. The Labute approximate surface area is 120 Å². The van der Waals surface area contributed by atoms with Crippen LogP contribution in [0.25, 0.3) is 0 Å². The molecule has 0 saturated carbocycles. The first kappa shape index (κ1) is 15.7. The molecule has 19 heavy (non-hydrogen) atoms. The lowest BCUT2D eigenvalue weighted by molar-refractivity contribution is -0.136. The van der Waals surface area contributed by atoms with Gasteiger partial charge in [-0.15, -0.1) is 0 Å². The first-order valence-electron chi connectivity index (χ1n) is 5.90. The molecule has 3 N–H and O–H groups in total. The van der Waals surface area contributed by atoms with Crippen molar-refractivity contribution in [2.45, 2.75) is 13.8 Å². The summed E-state index contributed by atoms with van der Waals surface area (Å²) in [5, 5.41) is 13.8. The first-order chi connectivity index (χ1) is 8.93. The second-order valence-corrected chi connectivity index (χ2v) is 5.27. The summed E-state index contributed by atoms with van der Waals surface area (Å²) in [6.45, 7) is 3.90. The normalized spacial score (nSPS) is 11.8. The molecule has 104 valence electrons. The van der Waals surface area contributed by atoms with E-state index in [1.54, 1.807) is 25.1 Å². The second-order valence-electron chi connectivity index (χ2n) is 4.42. The fraction of sp³-hybridized carbons (Fsp3) is 0.385. The van der Waals surface area contributed by atoms with Gasteiger partial charge in [0.05, 0.1) is 0 Å². The Kier molecular flexibility index (Phi) is 5.98. The van der Waals surface area contributed by atoms with Gasteiger partial charge in [-0.05, 0) is 36.6 Å². The lowest BCUT2D eigenvalue weighted by Gasteiger charge is -2.10. The number of aliphatic hydroxyl groups is 1. The highest BCUT2D eigenvalue weighted by Crippen LogP contribution is 2.19. The van der Waals surface area contributed by atoms with Gasteiger partial charge in [0, 0.05) is 23.3 Å². The van der Waals surface area contributed by atoms with Crippen LogP contribution in [0.5, 0.6) is 0 Å². The van der Waals surface area contributed by atoms with Crippen molar-refractivity contribution in [2.24, 2.45) is 5.92 Å². The standard InChI is InChI=1S/C13H17BrN2O3/c1-8(7-17)6-15-12(18)13(19)16-10-3-4-11(14)9(2)5-10/h3-5,8,17H,6-7H2,1-2H3,(H,15,18)(H,16,19). The minimum absolute atomic E-state index is 0.0339. The van der Waals surface area contributed by atoms with E-state index < -0.39 is 11.8 Å². The predicted molar refractivity (Wildman–Crippen MR) is 76.8 cm³/mol. The zero-order valence-corrected chi connectivity index (χ0v) is 12.5. The summed E-state index contributed by atoms with van der Waals surface area (Å²) in [4.78, 5) is 23.1. The molecular weight excluding hydrogens is 312 g/mol. The number of benzene rings is 1. The smallest absolute Gasteiger partial charge is 0.313 e. The molecule has 0 aliphatic heterocycles. The zero-order chi connectivity index (χ0) is 14.4. The van der Waals surface area contributed by atoms with E-state index in [1.807, 2.05) is 6.92 Å². The van der Waals surface area contributed by atoms with Crippen LogP contribution in [0.3, 0.4) is 0 Å². The number of hydrogen-bond acceptors (Lipinski definition) is 3. The van der Waals surface area contributed by atoms with E-state index in [0.717, 1.165) is 10.0 Å². The highest BCUT2D eigenvalue weighted by molar-refractivity contribution is 9.10. The van der Waals surface area contributed by atoms with E-state index >= 15 is 0 Å². The summed E-state index contributed by atoms with van der Waals surface area (Å²) >= 11 is 3.36. The zero-order valence-electron chi connectivity index (χ0n) is 10.9. The molecule has 1 unspecified atom stereocenters. The van der Waals surface area contributed by atoms with E-state index in [0.29, 0.717) is 5.69 Å². The van der Waals surface area contributed by atoms with Gasteiger partial charge in [-0.2, -0.15) is 0 Å². The number of nitrogens with one attached hydrogen (secondary N) is 2. The van der Waals surface area contributed by atoms with Crippen molar-refractivity contribution >= 4 is 33.4 Å². The number of aryl methyl sites for hydroxylation is 1. The van der Waals surface area contributed by atoms with E-state index in [9.17, 15) is 9.59 Å². The lowest BCUT2D eigenvalue weighted by Crippen LogP contribution is -2.38. The van der Waals surface area contributed by atoms with Crippen molar-refractivity contribution in [1.29, 1.82) is 0 Å². The summed E-state index contributed by atoms with van der Waals surface area (Å²) in [5.74, 6) is -1.50. The summed E-state index contributed by atoms with van der Waals surface area (Å²) in [5.41, 5.74) is 1.53. The quantitative estimate of drug-likeness (QED) is 0.732. The maximum Gasteiger partial charge on any atom is 0.313 e. The molecular formula is C13H17BrN2O3. The third-order valence-electron chi connectivity index (χ3n) is 2.54. The number of aliphatic hydroxyl groups excluding tert-OH is 1. The van der Waals surface area contributed by atoms with E-state index in [1.165, 1.54) is 0 Å². The Hall–Kier alpha value is -1.40. The number of carbonyl (C=O) groups is 2. The maximum atomic E-state index is 11.6. The van der Waals surface area contributed by atoms with Crippen LogP contribution in [0.4, 0.5) is 5.69 Å². The topological polar surface area (TPSA) is 78.4 Å². The molecule has 1 rings (SSSR count). The average Bonchev–Trinajstić information content (AvgIpc) is 2.39. The molecule has 0 aliphatic rings. The fourth-order valence-corrected chi connectivity index (χ4v) is 1.57. The van der Waals surface area contributed by atoms with Gasteiger partial charge in [0.2, 0.25) is 0 Å². The number of anilines is 1. The Balaban J connectivity index is 2.54. The van der Waals surface area contributed by atoms with E-state index in [4.69, 9.17) is 5.11 Å². The second kappa shape index (κ2) is 7.25. The van der Waals surface area contributed by atoms with Crippen molar-refractivity contribution in [2.75, 3.05) is 18.5 Å². The number of hydrogen-bond donors (Lipinski definition) is 3. The molecule has 0 radical (unpaired) electrons.